The molecule has 0 amide bonds. The molecule has 0 bridgehead atoms. The molecular weight excluding hydrogens is 1030 g/mol. The Bertz CT molecular complexity index is 3600. The van der Waals surface area contributed by atoms with Gasteiger partial charge in [-0.3, -0.25) is 0 Å². The largest absolute Gasteiger partial charge is 0.316 e. The molecule has 13 heteroatoms. The molecule has 0 saturated carbocycles. The molecule has 0 fully saturated rings. The van der Waals surface area contributed by atoms with Gasteiger partial charge in [0.15, 0.2) is 69.8 Å². The maximum absolute atomic E-state index is 15.1. The third-order valence-electron chi connectivity index (χ3n) is 15.3. The number of rotatable bonds is 12. The summed E-state index contributed by atoms with van der Waals surface area (Å²) in [5, 5.41) is 3.13. The van der Waals surface area contributed by atoms with Crippen molar-refractivity contribution < 1.29 is 57.2 Å². The van der Waals surface area contributed by atoms with Crippen LogP contribution in [0.15, 0.2) is 146 Å². The Labute approximate surface area is 447 Å². The minimum absolute atomic E-state index is 0.0923. The van der Waals surface area contributed by atoms with Crippen molar-refractivity contribution in [3.63, 3.8) is 0 Å². The monoisotopic (exact) mass is 1080 g/mol. The molecular formula is C66H46F12N+. The van der Waals surface area contributed by atoms with Gasteiger partial charge in [-0.1, -0.05) is 75.2 Å². The SMILES string of the molecule is CCCC[N+]1(CCCC)Cc2c(-c3cc(-c4cc(F)c(F)c(F)c4)cc(-c4cc(F)c(F)c(F)c4)c3)cc3ccccc3c2-c2c(c(-c3cc(-c4cc(F)c(F)c(F)c4)cc(-c4cc(F)c(F)c(F)c4)c3)cc3ccccc23)C1. The summed E-state index contributed by atoms with van der Waals surface area (Å²) in [6.07, 6.45) is 3.16. The Morgan fingerprint density at radius 3 is 0.848 bits per heavy atom. The zero-order valence-corrected chi connectivity index (χ0v) is 42.5. The summed E-state index contributed by atoms with van der Waals surface area (Å²) in [5.74, 6) is -18.6. The number of benzene rings is 10. The van der Waals surface area contributed by atoms with Crippen LogP contribution in [0.5, 0.6) is 0 Å². The first kappa shape index (κ1) is 52.9. The highest BCUT2D eigenvalue weighted by molar-refractivity contribution is 6.12. The second kappa shape index (κ2) is 20.9. The van der Waals surface area contributed by atoms with Gasteiger partial charge < -0.3 is 4.48 Å². The molecule has 79 heavy (non-hydrogen) atoms. The summed E-state index contributed by atoms with van der Waals surface area (Å²) in [6.45, 7) is 6.22. The topological polar surface area (TPSA) is 0 Å². The van der Waals surface area contributed by atoms with Crippen molar-refractivity contribution >= 4 is 21.5 Å². The molecule has 10 aromatic carbocycles. The average Bonchev–Trinajstić information content (AvgIpc) is 3.78. The van der Waals surface area contributed by atoms with Crippen molar-refractivity contribution in [2.75, 3.05) is 13.1 Å². The van der Waals surface area contributed by atoms with Crippen molar-refractivity contribution in [3.8, 4) is 77.9 Å². The Morgan fingerprint density at radius 1 is 0.316 bits per heavy atom. The van der Waals surface area contributed by atoms with E-state index < -0.39 is 69.8 Å². The second-order valence-corrected chi connectivity index (χ2v) is 20.4. The van der Waals surface area contributed by atoms with E-state index >= 15 is 35.1 Å². The molecule has 398 valence electrons. The van der Waals surface area contributed by atoms with Crippen LogP contribution in [0.3, 0.4) is 0 Å². The maximum atomic E-state index is 15.1. The molecule has 0 N–H and O–H groups in total. The summed E-state index contributed by atoms with van der Waals surface area (Å²) >= 11 is 0. The lowest BCUT2D eigenvalue weighted by molar-refractivity contribution is -0.953. The fourth-order valence-corrected chi connectivity index (χ4v) is 11.5. The fraction of sp³-hybridized carbons (Fsp3) is 0.152. The third-order valence-corrected chi connectivity index (χ3v) is 15.3. The van der Waals surface area contributed by atoms with Gasteiger partial charge in [-0.15, -0.1) is 0 Å². The summed E-state index contributed by atoms with van der Waals surface area (Å²) in [5.41, 5.74) is 5.59. The normalized spacial score (nSPS) is 13.0. The van der Waals surface area contributed by atoms with Crippen molar-refractivity contribution in [2.45, 2.75) is 52.6 Å². The van der Waals surface area contributed by atoms with Gasteiger partial charge >= 0.3 is 0 Å². The smallest absolute Gasteiger partial charge is 0.194 e. The fourth-order valence-electron chi connectivity index (χ4n) is 11.5. The molecule has 1 nitrogen and oxygen atoms in total. The lowest BCUT2D eigenvalue weighted by Crippen LogP contribution is -2.47. The Morgan fingerprint density at radius 2 is 0.570 bits per heavy atom. The molecule has 0 radical (unpaired) electrons. The number of unbranched alkanes of at least 4 members (excludes halogenated alkanes) is 2. The predicted molar refractivity (Wildman–Crippen MR) is 286 cm³/mol. The molecule has 0 spiro atoms. The van der Waals surface area contributed by atoms with E-state index in [2.05, 4.69) is 13.8 Å². The molecule has 10 aromatic rings. The van der Waals surface area contributed by atoms with Gasteiger partial charge in [-0.2, -0.15) is 0 Å². The molecule has 1 heterocycles. The maximum Gasteiger partial charge on any atom is 0.194 e. The molecule has 0 aliphatic carbocycles. The van der Waals surface area contributed by atoms with E-state index in [1.807, 2.05) is 60.7 Å². The van der Waals surface area contributed by atoms with E-state index in [0.717, 1.165) is 118 Å². The summed E-state index contributed by atoms with van der Waals surface area (Å²) < 4.78 is 180. The third kappa shape index (κ3) is 9.72. The molecule has 1 aliphatic rings. The first-order valence-electron chi connectivity index (χ1n) is 25.8. The number of nitrogens with zero attached hydrogens (tertiary/aromatic N) is 1. The second-order valence-electron chi connectivity index (χ2n) is 20.4. The van der Waals surface area contributed by atoms with E-state index in [4.69, 9.17) is 0 Å². The number of halogens is 12. The van der Waals surface area contributed by atoms with Crippen molar-refractivity contribution in [2.24, 2.45) is 0 Å². The van der Waals surface area contributed by atoms with Crippen LogP contribution >= 0.6 is 0 Å². The highest BCUT2D eigenvalue weighted by Gasteiger charge is 2.38. The Hall–Kier alpha value is -8.16. The van der Waals surface area contributed by atoms with Crippen molar-refractivity contribution in [1.82, 2.24) is 0 Å². The quantitative estimate of drug-likeness (QED) is 0.0650. The first-order chi connectivity index (χ1) is 37.9. The van der Waals surface area contributed by atoms with Gasteiger partial charge in [0.1, 0.15) is 13.1 Å². The van der Waals surface area contributed by atoms with Crippen LogP contribution in [0.25, 0.3) is 99.4 Å². The zero-order chi connectivity index (χ0) is 55.6. The molecule has 0 saturated heterocycles. The molecule has 11 rings (SSSR count). The predicted octanol–water partition coefficient (Wildman–Crippen LogP) is 19.8. The highest BCUT2D eigenvalue weighted by Crippen LogP contribution is 2.52. The van der Waals surface area contributed by atoms with Gasteiger partial charge in [-0.05, 0) is 198 Å². The van der Waals surface area contributed by atoms with Crippen LogP contribution in [0.4, 0.5) is 52.7 Å². The number of hydrogen-bond donors (Lipinski definition) is 0. The summed E-state index contributed by atoms with van der Waals surface area (Å²) in [4.78, 5) is 0. The van der Waals surface area contributed by atoms with Gasteiger partial charge in [0, 0.05) is 22.3 Å². The minimum atomic E-state index is -1.69. The van der Waals surface area contributed by atoms with Crippen LogP contribution in [0.2, 0.25) is 0 Å². The molecule has 0 unspecified atom stereocenters. The number of hydrogen-bond acceptors (Lipinski definition) is 0. The lowest BCUT2D eigenvalue weighted by atomic mass is 9.81. The Kier molecular flexibility index (Phi) is 14.0. The Balaban J connectivity index is 1.28. The van der Waals surface area contributed by atoms with E-state index in [9.17, 15) is 17.6 Å². The van der Waals surface area contributed by atoms with E-state index in [-0.39, 0.29) is 44.5 Å². The van der Waals surface area contributed by atoms with Gasteiger partial charge in [0.2, 0.25) is 0 Å². The van der Waals surface area contributed by atoms with Crippen LogP contribution in [-0.2, 0) is 13.1 Å². The highest BCUT2D eigenvalue weighted by atomic mass is 19.2. The lowest BCUT2D eigenvalue weighted by Gasteiger charge is -2.39. The average molecular weight is 1080 g/mol. The molecule has 1 aliphatic heterocycles. The van der Waals surface area contributed by atoms with Crippen LogP contribution in [-0.4, -0.2) is 17.6 Å². The van der Waals surface area contributed by atoms with Gasteiger partial charge in [0.05, 0.1) is 13.1 Å². The minimum Gasteiger partial charge on any atom is -0.316 e. The van der Waals surface area contributed by atoms with E-state index in [1.54, 1.807) is 24.3 Å². The zero-order valence-electron chi connectivity index (χ0n) is 42.5. The summed E-state index contributed by atoms with van der Waals surface area (Å²) in [7, 11) is 0. The first-order valence-corrected chi connectivity index (χ1v) is 25.8. The standard InChI is InChI=1S/C66H46F12N/c1-3-5-15-79(16-6-4-2)33-51-49(45-19-37(41-25-53(67)63(75)54(68)26-41)17-38(20-45)42-27-55(69)64(76)56(70)28-42)23-35-11-7-9-13-47(35)61(51)62-48-14-10-8-12-36(48)24-50(52(62)34-79)46-21-39(43-29-57(71)65(77)58(72)30-43)18-40(22-46)44-31-59(73)66(78)60(74)32-44/h7-14,17-32H,3-6,15-16,33-34H2,1-2H3/q+1. The molecule has 0 aromatic heterocycles. The number of fused-ring (bicyclic) bond motifs is 7. The van der Waals surface area contributed by atoms with Crippen LogP contribution in [0, 0.1) is 69.8 Å². The van der Waals surface area contributed by atoms with Crippen LogP contribution in [0.1, 0.15) is 50.7 Å². The van der Waals surface area contributed by atoms with Gasteiger partial charge in [0.25, 0.3) is 0 Å². The van der Waals surface area contributed by atoms with Crippen LogP contribution < -0.4 is 0 Å². The number of quaternary nitrogens is 1. The van der Waals surface area contributed by atoms with E-state index in [0.29, 0.717) is 52.9 Å². The van der Waals surface area contributed by atoms with Crippen molar-refractivity contribution in [3.05, 3.63) is 227 Å². The summed E-state index contributed by atoms with van der Waals surface area (Å²) in [6, 6.07) is 35.4. The van der Waals surface area contributed by atoms with E-state index in [1.165, 1.54) is 12.1 Å². The van der Waals surface area contributed by atoms with Crippen molar-refractivity contribution in [1.29, 1.82) is 0 Å². The molecule has 0 atom stereocenters. The van der Waals surface area contributed by atoms with Gasteiger partial charge in [-0.25, -0.2) is 52.7 Å².